The van der Waals surface area contributed by atoms with Gasteiger partial charge in [0.15, 0.2) is 0 Å². The number of nitrogens with one attached hydrogen (secondary N) is 1. The lowest BCUT2D eigenvalue weighted by molar-refractivity contribution is -0.242. The van der Waals surface area contributed by atoms with Crippen molar-refractivity contribution in [1.29, 1.82) is 0 Å². The number of amides is 1. The third-order valence-electron chi connectivity index (χ3n) is 1.80. The second kappa shape index (κ2) is 3.79. The molecule has 0 fully saturated rings. The van der Waals surface area contributed by atoms with Crippen molar-refractivity contribution in [2.45, 2.75) is 4.90 Å². The molecule has 0 aliphatic carbocycles. The van der Waals surface area contributed by atoms with Crippen LogP contribution in [0.4, 0.5) is 10.5 Å². The number of thioether (sulfide) groups is 1. The van der Waals surface area contributed by atoms with Crippen molar-refractivity contribution >= 4 is 23.5 Å². The van der Waals surface area contributed by atoms with Gasteiger partial charge in [0.05, 0.1) is 17.2 Å². The van der Waals surface area contributed by atoms with E-state index in [2.05, 4.69) is 5.32 Å². The molecule has 1 heterocycles. The third-order valence-corrected chi connectivity index (χ3v) is 2.88. The predicted octanol–water partition coefficient (Wildman–Crippen LogP) is 0.926. The van der Waals surface area contributed by atoms with Crippen molar-refractivity contribution in [3.05, 3.63) is 18.2 Å². The Morgan fingerprint density at radius 2 is 2.43 bits per heavy atom. The highest BCUT2D eigenvalue weighted by Crippen LogP contribution is 2.38. The summed E-state index contributed by atoms with van der Waals surface area (Å²) in [6, 6.07) is 5.26. The van der Waals surface area contributed by atoms with Gasteiger partial charge in [0.25, 0.3) is 0 Å². The smallest absolute Gasteiger partial charge is 0.138 e. The fourth-order valence-corrected chi connectivity index (χ4v) is 2.20. The standard InChI is InChI=1S/C9H9NO3S/c11-9(12)10-6-2-1-3-7-8(6)14-5-4-13-7/h1-3,10H,4-5H2,(H,11,12)/p-1. The van der Waals surface area contributed by atoms with Crippen LogP contribution in [-0.2, 0) is 0 Å². The molecular weight excluding hydrogens is 202 g/mol. The van der Waals surface area contributed by atoms with Crippen LogP contribution in [-0.4, -0.2) is 18.5 Å². The van der Waals surface area contributed by atoms with Gasteiger partial charge in [-0.15, -0.1) is 11.8 Å². The Balaban J connectivity index is 2.35. The summed E-state index contributed by atoms with van der Waals surface area (Å²) in [6.45, 7) is 0.659. The lowest BCUT2D eigenvalue weighted by Gasteiger charge is -2.20. The molecule has 0 radical (unpaired) electrons. The number of ether oxygens (including phenoxy) is 1. The van der Waals surface area contributed by atoms with Crippen molar-refractivity contribution in [2.24, 2.45) is 0 Å². The summed E-state index contributed by atoms with van der Waals surface area (Å²) in [5.74, 6) is 1.56. The maximum Gasteiger partial charge on any atom is 0.138 e. The molecule has 1 aromatic carbocycles. The molecule has 0 saturated carbocycles. The molecule has 1 N–H and O–H groups in total. The number of hydrogen-bond acceptors (Lipinski definition) is 4. The highest BCUT2D eigenvalue weighted by molar-refractivity contribution is 7.99. The minimum Gasteiger partial charge on any atom is -0.530 e. The number of anilines is 1. The van der Waals surface area contributed by atoms with Crippen LogP contribution in [0.15, 0.2) is 23.1 Å². The van der Waals surface area contributed by atoms with Crippen LogP contribution in [0.25, 0.3) is 0 Å². The zero-order valence-corrected chi connectivity index (χ0v) is 8.10. The topological polar surface area (TPSA) is 61.4 Å². The molecule has 0 spiro atoms. The zero-order valence-electron chi connectivity index (χ0n) is 7.28. The molecule has 4 nitrogen and oxygen atoms in total. The largest absolute Gasteiger partial charge is 0.530 e. The summed E-state index contributed by atoms with van der Waals surface area (Å²) in [7, 11) is 0. The van der Waals surface area contributed by atoms with Gasteiger partial charge in [0, 0.05) is 5.75 Å². The second-order valence-electron chi connectivity index (χ2n) is 2.74. The van der Waals surface area contributed by atoms with Crippen molar-refractivity contribution < 1.29 is 14.6 Å². The van der Waals surface area contributed by atoms with E-state index in [4.69, 9.17) is 4.74 Å². The molecule has 1 aliphatic rings. The van der Waals surface area contributed by atoms with Gasteiger partial charge < -0.3 is 20.0 Å². The van der Waals surface area contributed by atoms with Crippen LogP contribution < -0.4 is 15.2 Å². The molecule has 1 amide bonds. The van der Waals surface area contributed by atoms with E-state index in [1.165, 1.54) is 0 Å². The Morgan fingerprint density at radius 3 is 3.21 bits per heavy atom. The van der Waals surface area contributed by atoms with Crippen molar-refractivity contribution in [1.82, 2.24) is 0 Å². The molecule has 0 unspecified atom stereocenters. The Hall–Kier alpha value is -1.36. The number of hydrogen-bond donors (Lipinski definition) is 1. The number of carboxylic acid groups (broad SMARTS) is 1. The van der Waals surface area contributed by atoms with E-state index in [0.717, 1.165) is 16.4 Å². The minimum atomic E-state index is -1.30. The van der Waals surface area contributed by atoms with Gasteiger partial charge in [0.1, 0.15) is 11.8 Å². The maximum absolute atomic E-state index is 10.4. The molecule has 0 aromatic heterocycles. The van der Waals surface area contributed by atoms with Gasteiger partial charge >= 0.3 is 0 Å². The molecule has 0 atom stereocenters. The summed E-state index contributed by atoms with van der Waals surface area (Å²) in [4.78, 5) is 11.2. The molecule has 74 valence electrons. The summed E-state index contributed by atoms with van der Waals surface area (Å²) in [5, 5.41) is 12.6. The SMILES string of the molecule is O=C([O-])Nc1cccc2c1SCCO2. The molecular formula is C9H8NO3S-. The third kappa shape index (κ3) is 1.77. The van der Waals surface area contributed by atoms with Gasteiger partial charge in [-0.3, -0.25) is 0 Å². The first-order chi connectivity index (χ1) is 6.77. The zero-order chi connectivity index (χ0) is 9.97. The molecule has 0 bridgehead atoms. The van der Waals surface area contributed by atoms with Gasteiger partial charge in [-0.05, 0) is 12.1 Å². The van der Waals surface area contributed by atoms with Crippen molar-refractivity contribution in [3.8, 4) is 5.75 Å². The van der Waals surface area contributed by atoms with E-state index < -0.39 is 6.09 Å². The highest BCUT2D eigenvalue weighted by atomic mass is 32.2. The van der Waals surface area contributed by atoms with Gasteiger partial charge in [-0.25, -0.2) is 0 Å². The first-order valence-corrected chi connectivity index (χ1v) is 5.12. The molecule has 5 heteroatoms. The number of benzene rings is 1. The van der Waals surface area contributed by atoms with Gasteiger partial charge in [0.2, 0.25) is 0 Å². The second-order valence-corrected chi connectivity index (χ2v) is 3.85. The first-order valence-electron chi connectivity index (χ1n) is 4.14. The van der Waals surface area contributed by atoms with E-state index in [1.807, 2.05) is 6.07 Å². The summed E-state index contributed by atoms with van der Waals surface area (Å²) in [6.07, 6.45) is -1.30. The molecule has 1 aromatic rings. The minimum absolute atomic E-state index is 0.534. The summed E-state index contributed by atoms with van der Waals surface area (Å²) >= 11 is 1.58. The molecule has 1 aliphatic heterocycles. The summed E-state index contributed by atoms with van der Waals surface area (Å²) in [5.41, 5.74) is 0.534. The van der Waals surface area contributed by atoms with Crippen LogP contribution in [0.1, 0.15) is 0 Å². The monoisotopic (exact) mass is 210 g/mol. The maximum atomic E-state index is 10.4. The van der Waals surface area contributed by atoms with Crippen LogP contribution in [0.3, 0.4) is 0 Å². The van der Waals surface area contributed by atoms with Gasteiger partial charge in [-0.2, -0.15) is 0 Å². The van der Waals surface area contributed by atoms with Crippen LogP contribution in [0.5, 0.6) is 5.75 Å². The lowest BCUT2D eigenvalue weighted by atomic mass is 10.3. The normalized spacial score (nSPS) is 14.0. The van der Waals surface area contributed by atoms with Crippen LogP contribution in [0.2, 0.25) is 0 Å². The number of carbonyl (C=O) groups is 1. The molecule has 14 heavy (non-hydrogen) atoms. The Labute approximate surface area is 85.3 Å². The number of rotatable bonds is 1. The Kier molecular flexibility index (Phi) is 2.49. The van der Waals surface area contributed by atoms with Crippen molar-refractivity contribution in [2.75, 3.05) is 17.7 Å². The average Bonchev–Trinajstić information content (AvgIpc) is 2.18. The van der Waals surface area contributed by atoms with E-state index in [-0.39, 0.29) is 0 Å². The quantitative estimate of drug-likeness (QED) is 0.749. The lowest BCUT2D eigenvalue weighted by Crippen LogP contribution is -2.29. The van der Waals surface area contributed by atoms with E-state index in [1.54, 1.807) is 23.9 Å². The van der Waals surface area contributed by atoms with Crippen LogP contribution >= 0.6 is 11.8 Å². The molecule has 0 saturated heterocycles. The fraction of sp³-hybridized carbons (Fsp3) is 0.222. The highest BCUT2D eigenvalue weighted by Gasteiger charge is 2.14. The van der Waals surface area contributed by atoms with E-state index in [0.29, 0.717) is 12.3 Å². The number of fused-ring (bicyclic) bond motifs is 1. The predicted molar refractivity (Wildman–Crippen MR) is 51.7 cm³/mol. The Morgan fingerprint density at radius 1 is 1.57 bits per heavy atom. The fourth-order valence-electron chi connectivity index (χ4n) is 1.28. The van der Waals surface area contributed by atoms with E-state index in [9.17, 15) is 9.90 Å². The molecule has 2 rings (SSSR count). The average molecular weight is 210 g/mol. The first kappa shape index (κ1) is 9.21. The van der Waals surface area contributed by atoms with Crippen molar-refractivity contribution in [3.63, 3.8) is 0 Å². The Bertz CT molecular complexity index is 367. The van der Waals surface area contributed by atoms with Gasteiger partial charge in [-0.1, -0.05) is 6.07 Å². The number of carbonyl (C=O) groups excluding carboxylic acids is 1. The van der Waals surface area contributed by atoms with E-state index >= 15 is 0 Å². The van der Waals surface area contributed by atoms with Crippen LogP contribution in [0, 0.1) is 0 Å². The summed E-state index contributed by atoms with van der Waals surface area (Å²) < 4.78 is 5.37.